The molecule has 0 saturated heterocycles. The normalized spacial score (nSPS) is 10.3. The summed E-state index contributed by atoms with van der Waals surface area (Å²) in [4.78, 5) is 10.8. The van der Waals surface area contributed by atoms with Gasteiger partial charge in [-0.05, 0) is 44.2 Å². The van der Waals surface area contributed by atoms with E-state index in [9.17, 15) is 4.79 Å². The molecule has 0 amide bonds. The molecule has 2 rings (SSSR count). The summed E-state index contributed by atoms with van der Waals surface area (Å²) in [5, 5.41) is 0. The van der Waals surface area contributed by atoms with Gasteiger partial charge in [0.1, 0.15) is 19.5 Å². The van der Waals surface area contributed by atoms with Crippen LogP contribution in [0.4, 0.5) is 0 Å². The third-order valence-electron chi connectivity index (χ3n) is 3.13. The van der Waals surface area contributed by atoms with Crippen LogP contribution in [0.2, 0.25) is 0 Å². The Labute approximate surface area is 142 Å². The molecule has 0 heterocycles. The van der Waals surface area contributed by atoms with Crippen LogP contribution in [0.25, 0.3) is 0 Å². The highest BCUT2D eigenvalue weighted by atomic mass is 16.6. The largest absolute Gasteiger partial charge is 0.493 e. The number of benzene rings is 2. The molecular formula is C19H22O5. The molecule has 0 aromatic heterocycles. The van der Waals surface area contributed by atoms with Crippen LogP contribution in [0.5, 0.6) is 23.0 Å². The fourth-order valence-corrected chi connectivity index (χ4v) is 2.10. The van der Waals surface area contributed by atoms with Gasteiger partial charge >= 0.3 is 0 Å². The standard InChI is InChI=1S/C19H22O5/c1-14(2)24-18-7-5-4-6-16(18)22-10-11-23-17-9-8-15(13-20)12-19(17)21-3/h4-9,12-14H,10-11H2,1-3H3. The maximum Gasteiger partial charge on any atom is 0.161 e. The van der Waals surface area contributed by atoms with E-state index in [2.05, 4.69) is 0 Å². The van der Waals surface area contributed by atoms with Gasteiger partial charge in [-0.3, -0.25) is 4.79 Å². The minimum absolute atomic E-state index is 0.0756. The summed E-state index contributed by atoms with van der Waals surface area (Å²) in [6.07, 6.45) is 0.840. The Morgan fingerprint density at radius 3 is 2.12 bits per heavy atom. The van der Waals surface area contributed by atoms with Crippen molar-refractivity contribution in [1.82, 2.24) is 0 Å². The first-order valence-corrected chi connectivity index (χ1v) is 7.78. The Morgan fingerprint density at radius 2 is 1.54 bits per heavy atom. The Balaban J connectivity index is 1.91. The van der Waals surface area contributed by atoms with E-state index >= 15 is 0 Å². The summed E-state index contributed by atoms with van der Waals surface area (Å²) in [5.74, 6) is 2.47. The first-order chi connectivity index (χ1) is 11.6. The molecular weight excluding hydrogens is 308 g/mol. The van der Waals surface area contributed by atoms with E-state index in [0.717, 1.165) is 6.29 Å². The van der Waals surface area contributed by atoms with Crippen LogP contribution in [0.1, 0.15) is 24.2 Å². The first kappa shape index (κ1) is 17.7. The van der Waals surface area contributed by atoms with Crippen molar-refractivity contribution in [2.75, 3.05) is 20.3 Å². The monoisotopic (exact) mass is 330 g/mol. The zero-order valence-electron chi connectivity index (χ0n) is 14.2. The number of carbonyl (C=O) groups is 1. The highest BCUT2D eigenvalue weighted by Crippen LogP contribution is 2.29. The van der Waals surface area contributed by atoms with Crippen molar-refractivity contribution in [2.45, 2.75) is 20.0 Å². The molecule has 0 spiro atoms. The summed E-state index contributed by atoms with van der Waals surface area (Å²) >= 11 is 0. The van der Waals surface area contributed by atoms with Crippen LogP contribution in [-0.2, 0) is 0 Å². The SMILES string of the molecule is COc1cc(C=O)ccc1OCCOc1ccccc1OC(C)C. The number of ether oxygens (including phenoxy) is 4. The molecule has 0 aliphatic carbocycles. The Morgan fingerprint density at radius 1 is 0.917 bits per heavy atom. The zero-order chi connectivity index (χ0) is 17.4. The second kappa shape index (κ2) is 8.82. The van der Waals surface area contributed by atoms with Gasteiger partial charge in [0.05, 0.1) is 13.2 Å². The molecule has 128 valence electrons. The molecule has 0 N–H and O–H groups in total. The number of hydrogen-bond donors (Lipinski definition) is 0. The lowest BCUT2D eigenvalue weighted by molar-refractivity contribution is 0.112. The van der Waals surface area contributed by atoms with Crippen molar-refractivity contribution in [2.24, 2.45) is 0 Å². The third kappa shape index (κ3) is 4.91. The van der Waals surface area contributed by atoms with Crippen molar-refractivity contribution in [3.8, 4) is 23.0 Å². The van der Waals surface area contributed by atoms with Gasteiger partial charge in [-0.25, -0.2) is 0 Å². The Hall–Kier alpha value is -2.69. The molecule has 0 unspecified atom stereocenters. The van der Waals surface area contributed by atoms with Crippen molar-refractivity contribution in [3.05, 3.63) is 48.0 Å². The van der Waals surface area contributed by atoms with Crippen LogP contribution in [0.3, 0.4) is 0 Å². The lowest BCUT2D eigenvalue weighted by atomic mass is 10.2. The van der Waals surface area contributed by atoms with Gasteiger partial charge < -0.3 is 18.9 Å². The molecule has 2 aromatic carbocycles. The quantitative estimate of drug-likeness (QED) is 0.518. The average molecular weight is 330 g/mol. The molecule has 0 fully saturated rings. The average Bonchev–Trinajstić information content (AvgIpc) is 2.59. The molecule has 0 saturated carbocycles. The third-order valence-corrected chi connectivity index (χ3v) is 3.13. The van der Waals surface area contributed by atoms with Crippen molar-refractivity contribution < 1.29 is 23.7 Å². The van der Waals surface area contributed by atoms with Crippen LogP contribution in [0.15, 0.2) is 42.5 Å². The molecule has 0 aliphatic rings. The summed E-state index contributed by atoms with van der Waals surface area (Å²) in [5.41, 5.74) is 0.537. The number of para-hydroxylation sites is 2. The molecule has 24 heavy (non-hydrogen) atoms. The number of rotatable bonds is 9. The van der Waals surface area contributed by atoms with E-state index in [1.54, 1.807) is 18.2 Å². The van der Waals surface area contributed by atoms with Crippen molar-refractivity contribution in [1.29, 1.82) is 0 Å². The predicted octanol–water partition coefficient (Wildman–Crippen LogP) is 3.75. The highest BCUT2D eigenvalue weighted by Gasteiger charge is 2.08. The van der Waals surface area contributed by atoms with E-state index < -0.39 is 0 Å². The van der Waals surface area contributed by atoms with E-state index in [-0.39, 0.29) is 6.10 Å². The van der Waals surface area contributed by atoms with Gasteiger partial charge in [0.2, 0.25) is 0 Å². The molecule has 2 aromatic rings. The predicted molar refractivity (Wildman–Crippen MR) is 91.6 cm³/mol. The number of aldehydes is 1. The first-order valence-electron chi connectivity index (χ1n) is 7.78. The molecule has 0 aliphatic heterocycles. The number of carbonyl (C=O) groups excluding carboxylic acids is 1. The van der Waals surface area contributed by atoms with Crippen LogP contribution in [0, 0.1) is 0 Å². The van der Waals surface area contributed by atoms with Gasteiger partial charge in [-0.2, -0.15) is 0 Å². The van der Waals surface area contributed by atoms with Crippen molar-refractivity contribution in [3.63, 3.8) is 0 Å². The molecule has 0 radical (unpaired) electrons. The van der Waals surface area contributed by atoms with Crippen LogP contribution in [-0.4, -0.2) is 32.7 Å². The summed E-state index contributed by atoms with van der Waals surface area (Å²) in [7, 11) is 1.53. The minimum Gasteiger partial charge on any atom is -0.493 e. The van der Waals surface area contributed by atoms with Gasteiger partial charge in [0, 0.05) is 5.56 Å². The Kier molecular flexibility index (Phi) is 6.49. The van der Waals surface area contributed by atoms with E-state index in [1.807, 2.05) is 38.1 Å². The smallest absolute Gasteiger partial charge is 0.161 e. The fraction of sp³-hybridized carbons (Fsp3) is 0.316. The maximum atomic E-state index is 10.8. The maximum absolute atomic E-state index is 10.8. The van der Waals surface area contributed by atoms with Gasteiger partial charge in [0.15, 0.2) is 23.0 Å². The lowest BCUT2D eigenvalue weighted by Crippen LogP contribution is -2.12. The minimum atomic E-state index is 0.0756. The molecule has 0 bridgehead atoms. The van der Waals surface area contributed by atoms with Crippen LogP contribution < -0.4 is 18.9 Å². The summed E-state index contributed by atoms with van der Waals surface area (Å²) < 4.78 is 22.3. The van der Waals surface area contributed by atoms with Crippen LogP contribution >= 0.6 is 0 Å². The van der Waals surface area contributed by atoms with Gasteiger partial charge in [-0.15, -0.1) is 0 Å². The highest BCUT2D eigenvalue weighted by molar-refractivity contribution is 5.76. The Bertz CT molecular complexity index is 667. The van der Waals surface area contributed by atoms with E-state index in [0.29, 0.717) is 41.8 Å². The molecule has 0 atom stereocenters. The second-order valence-electron chi connectivity index (χ2n) is 5.34. The number of hydrogen-bond acceptors (Lipinski definition) is 5. The van der Waals surface area contributed by atoms with Crippen molar-refractivity contribution >= 4 is 6.29 Å². The molecule has 5 heteroatoms. The van der Waals surface area contributed by atoms with Gasteiger partial charge in [0.25, 0.3) is 0 Å². The number of methoxy groups -OCH3 is 1. The fourth-order valence-electron chi connectivity index (χ4n) is 2.10. The zero-order valence-corrected chi connectivity index (χ0v) is 14.2. The summed E-state index contributed by atoms with van der Waals surface area (Å²) in [6, 6.07) is 12.5. The molecule has 5 nitrogen and oxygen atoms in total. The second-order valence-corrected chi connectivity index (χ2v) is 5.34. The summed E-state index contributed by atoms with van der Waals surface area (Å²) in [6.45, 7) is 4.63. The topological polar surface area (TPSA) is 54.0 Å². The van der Waals surface area contributed by atoms with E-state index in [4.69, 9.17) is 18.9 Å². The lowest BCUT2D eigenvalue weighted by Gasteiger charge is -2.15. The van der Waals surface area contributed by atoms with E-state index in [1.165, 1.54) is 7.11 Å². The van der Waals surface area contributed by atoms with Gasteiger partial charge in [-0.1, -0.05) is 12.1 Å².